The van der Waals surface area contributed by atoms with Gasteiger partial charge in [0.05, 0.1) is 6.04 Å². The van der Waals surface area contributed by atoms with Crippen LogP contribution in [0.5, 0.6) is 0 Å². The van der Waals surface area contributed by atoms with Crippen LogP contribution in [0.4, 0.5) is 11.4 Å². The molecule has 1 atom stereocenters. The molecule has 1 N–H and O–H groups in total. The SMILES string of the molecule is Cc1cc(C)c(NC(=O)[C@H](C)N2CCN(c3cccc(Cl)c3)CC2)c(C)c1. The molecule has 4 nitrogen and oxygen atoms in total. The summed E-state index contributed by atoms with van der Waals surface area (Å²) in [6, 6.07) is 12.0. The van der Waals surface area contributed by atoms with Crippen LogP contribution in [0.1, 0.15) is 23.6 Å². The van der Waals surface area contributed by atoms with E-state index in [0.717, 1.165) is 53.7 Å². The number of aryl methyl sites for hydroxylation is 3. The van der Waals surface area contributed by atoms with Gasteiger partial charge in [-0.1, -0.05) is 35.4 Å². The van der Waals surface area contributed by atoms with E-state index in [-0.39, 0.29) is 11.9 Å². The van der Waals surface area contributed by atoms with Crippen LogP contribution in [-0.2, 0) is 4.79 Å². The molecule has 2 aromatic rings. The molecular formula is C22H28ClN3O. The third-order valence-corrected chi connectivity index (χ3v) is 5.58. The zero-order chi connectivity index (χ0) is 19.6. The minimum atomic E-state index is -0.161. The van der Waals surface area contributed by atoms with Gasteiger partial charge in [-0.25, -0.2) is 0 Å². The van der Waals surface area contributed by atoms with E-state index in [9.17, 15) is 4.79 Å². The van der Waals surface area contributed by atoms with Crippen molar-refractivity contribution in [1.82, 2.24) is 4.90 Å². The molecule has 1 aliphatic rings. The van der Waals surface area contributed by atoms with Gasteiger partial charge in [-0.2, -0.15) is 0 Å². The highest BCUT2D eigenvalue weighted by Crippen LogP contribution is 2.24. The highest BCUT2D eigenvalue weighted by atomic mass is 35.5. The van der Waals surface area contributed by atoms with Gasteiger partial charge in [-0.3, -0.25) is 9.69 Å². The minimum Gasteiger partial charge on any atom is -0.369 e. The topological polar surface area (TPSA) is 35.6 Å². The summed E-state index contributed by atoms with van der Waals surface area (Å²) >= 11 is 6.11. The summed E-state index contributed by atoms with van der Waals surface area (Å²) in [4.78, 5) is 17.4. The molecule has 1 aliphatic heterocycles. The smallest absolute Gasteiger partial charge is 0.241 e. The van der Waals surface area contributed by atoms with E-state index < -0.39 is 0 Å². The van der Waals surface area contributed by atoms with E-state index in [4.69, 9.17) is 11.6 Å². The molecule has 5 heteroatoms. The number of carbonyl (C=O) groups is 1. The van der Waals surface area contributed by atoms with Crippen molar-refractivity contribution < 1.29 is 4.79 Å². The van der Waals surface area contributed by atoms with Gasteiger partial charge in [0.25, 0.3) is 0 Å². The lowest BCUT2D eigenvalue weighted by Gasteiger charge is -2.38. The number of halogens is 1. The maximum absolute atomic E-state index is 12.8. The maximum Gasteiger partial charge on any atom is 0.241 e. The number of piperazine rings is 1. The van der Waals surface area contributed by atoms with Gasteiger partial charge < -0.3 is 10.2 Å². The second-order valence-corrected chi connectivity index (χ2v) is 7.88. The van der Waals surface area contributed by atoms with Crippen LogP contribution in [-0.4, -0.2) is 43.0 Å². The minimum absolute atomic E-state index is 0.0567. The van der Waals surface area contributed by atoms with Gasteiger partial charge in [-0.15, -0.1) is 0 Å². The van der Waals surface area contributed by atoms with Crippen molar-refractivity contribution in [3.8, 4) is 0 Å². The zero-order valence-electron chi connectivity index (χ0n) is 16.6. The Kier molecular flexibility index (Phi) is 6.08. The van der Waals surface area contributed by atoms with Crippen molar-refractivity contribution in [1.29, 1.82) is 0 Å². The summed E-state index contributed by atoms with van der Waals surface area (Å²) in [5.74, 6) is 0.0567. The van der Waals surface area contributed by atoms with Crippen molar-refractivity contribution in [2.75, 3.05) is 36.4 Å². The number of benzene rings is 2. The quantitative estimate of drug-likeness (QED) is 0.846. The summed E-state index contributed by atoms with van der Waals surface area (Å²) < 4.78 is 0. The summed E-state index contributed by atoms with van der Waals surface area (Å²) in [7, 11) is 0. The Hall–Kier alpha value is -2.04. The lowest BCUT2D eigenvalue weighted by molar-refractivity contribution is -0.120. The molecule has 2 aromatic carbocycles. The molecular weight excluding hydrogens is 358 g/mol. The lowest BCUT2D eigenvalue weighted by atomic mass is 10.0. The highest BCUT2D eigenvalue weighted by molar-refractivity contribution is 6.30. The van der Waals surface area contributed by atoms with Crippen molar-refractivity contribution in [3.63, 3.8) is 0 Å². The predicted octanol–water partition coefficient (Wildman–Crippen LogP) is 4.41. The van der Waals surface area contributed by atoms with Gasteiger partial charge >= 0.3 is 0 Å². The molecule has 0 aromatic heterocycles. The van der Waals surface area contributed by atoms with Gasteiger partial charge in [-0.05, 0) is 57.0 Å². The van der Waals surface area contributed by atoms with Crippen LogP contribution < -0.4 is 10.2 Å². The molecule has 1 fully saturated rings. The number of carbonyl (C=O) groups excluding carboxylic acids is 1. The lowest BCUT2D eigenvalue weighted by Crippen LogP contribution is -2.52. The van der Waals surface area contributed by atoms with Crippen LogP contribution in [0.3, 0.4) is 0 Å². The average molecular weight is 386 g/mol. The first-order valence-electron chi connectivity index (χ1n) is 9.48. The van der Waals surface area contributed by atoms with Crippen molar-refractivity contribution in [3.05, 3.63) is 58.1 Å². The first-order chi connectivity index (χ1) is 12.8. The van der Waals surface area contributed by atoms with E-state index in [2.05, 4.69) is 40.2 Å². The normalized spacial score (nSPS) is 16.3. The molecule has 0 bridgehead atoms. The Balaban J connectivity index is 1.60. The zero-order valence-corrected chi connectivity index (χ0v) is 17.3. The van der Waals surface area contributed by atoms with Gasteiger partial charge in [0, 0.05) is 42.6 Å². The summed E-state index contributed by atoms with van der Waals surface area (Å²) in [5.41, 5.74) is 5.52. The second-order valence-electron chi connectivity index (χ2n) is 7.44. The Morgan fingerprint density at radius 1 is 1.04 bits per heavy atom. The second kappa shape index (κ2) is 8.32. The van der Waals surface area contributed by atoms with E-state index in [0.29, 0.717) is 0 Å². The van der Waals surface area contributed by atoms with Gasteiger partial charge in [0.2, 0.25) is 5.91 Å². The summed E-state index contributed by atoms with van der Waals surface area (Å²) in [6.07, 6.45) is 0. The monoisotopic (exact) mass is 385 g/mol. The standard InChI is InChI=1S/C22H28ClN3O/c1-15-12-16(2)21(17(3)13-15)24-22(27)18(4)25-8-10-26(11-9-25)20-7-5-6-19(23)14-20/h5-7,12-14,18H,8-11H2,1-4H3,(H,24,27)/t18-/m0/s1. The van der Waals surface area contributed by atoms with Crippen molar-refractivity contribution in [2.24, 2.45) is 0 Å². The van der Waals surface area contributed by atoms with E-state index in [1.54, 1.807) is 0 Å². The number of amides is 1. The van der Waals surface area contributed by atoms with Crippen LogP contribution in [0, 0.1) is 20.8 Å². The molecule has 1 saturated heterocycles. The van der Waals surface area contributed by atoms with Crippen LogP contribution in [0.2, 0.25) is 5.02 Å². The number of anilines is 2. The van der Waals surface area contributed by atoms with E-state index in [1.807, 2.05) is 39.0 Å². The highest BCUT2D eigenvalue weighted by Gasteiger charge is 2.26. The molecule has 1 amide bonds. The molecule has 27 heavy (non-hydrogen) atoms. The molecule has 0 aliphatic carbocycles. The predicted molar refractivity (Wildman–Crippen MR) is 114 cm³/mol. The maximum atomic E-state index is 12.8. The molecule has 1 heterocycles. The number of nitrogens with zero attached hydrogens (tertiary/aromatic N) is 2. The van der Waals surface area contributed by atoms with Crippen molar-refractivity contribution >= 4 is 28.9 Å². The van der Waals surface area contributed by atoms with Crippen LogP contribution in [0.15, 0.2) is 36.4 Å². The first kappa shape index (κ1) is 19.7. The Bertz CT molecular complexity index is 805. The van der Waals surface area contributed by atoms with Crippen LogP contribution in [0.25, 0.3) is 0 Å². The van der Waals surface area contributed by atoms with Crippen LogP contribution >= 0.6 is 11.6 Å². The fourth-order valence-corrected chi connectivity index (χ4v) is 4.00. The molecule has 0 unspecified atom stereocenters. The van der Waals surface area contributed by atoms with E-state index >= 15 is 0 Å². The van der Waals surface area contributed by atoms with Crippen molar-refractivity contribution in [2.45, 2.75) is 33.7 Å². The van der Waals surface area contributed by atoms with E-state index in [1.165, 1.54) is 5.56 Å². The number of hydrogen-bond donors (Lipinski definition) is 1. The third-order valence-electron chi connectivity index (χ3n) is 5.34. The third kappa shape index (κ3) is 4.63. The molecule has 3 rings (SSSR count). The van der Waals surface area contributed by atoms with Gasteiger partial charge in [0.15, 0.2) is 0 Å². The molecule has 0 saturated carbocycles. The Labute approximate surface area is 167 Å². The summed E-state index contributed by atoms with van der Waals surface area (Å²) in [6.45, 7) is 11.6. The fourth-order valence-electron chi connectivity index (χ4n) is 3.81. The number of rotatable bonds is 4. The first-order valence-corrected chi connectivity index (χ1v) is 9.86. The summed E-state index contributed by atoms with van der Waals surface area (Å²) in [5, 5.41) is 3.90. The van der Waals surface area contributed by atoms with Gasteiger partial charge in [0.1, 0.15) is 0 Å². The Morgan fingerprint density at radius 3 is 2.26 bits per heavy atom. The fraction of sp³-hybridized carbons (Fsp3) is 0.409. The molecule has 0 spiro atoms. The number of nitrogens with one attached hydrogen (secondary N) is 1. The molecule has 0 radical (unpaired) electrons. The molecule has 144 valence electrons. The number of hydrogen-bond acceptors (Lipinski definition) is 3. The Morgan fingerprint density at radius 2 is 1.67 bits per heavy atom. The largest absolute Gasteiger partial charge is 0.369 e. The average Bonchev–Trinajstić information content (AvgIpc) is 2.64.